The third kappa shape index (κ3) is 18.2. The number of rotatable bonds is 16. The zero-order chi connectivity index (χ0) is 26.8. The SMILES string of the molecule is N[C@@H](CCC(=O)N[C@@H](CS)C(=O)NCC(=O)O)C(=O)O.N[C@@H](CSSC[C@H](N)C(=O)O)C(=O)O. The number of carboxylic acids is 4. The van der Waals surface area contributed by atoms with Crippen LogP contribution in [0.25, 0.3) is 0 Å². The van der Waals surface area contributed by atoms with Crippen LogP contribution < -0.4 is 27.8 Å². The number of nitrogens with one attached hydrogen (secondary N) is 2. The quantitative estimate of drug-likeness (QED) is 0.0523. The lowest BCUT2D eigenvalue weighted by molar-refractivity contribution is -0.139. The summed E-state index contributed by atoms with van der Waals surface area (Å²) in [6, 6.07) is -4.00. The monoisotopic (exact) mass is 547 g/mol. The summed E-state index contributed by atoms with van der Waals surface area (Å²) in [5, 5.41) is 38.2. The lowest BCUT2D eigenvalue weighted by Gasteiger charge is -2.16. The first-order chi connectivity index (χ1) is 15.7. The number of hydrogen-bond donors (Lipinski definition) is 10. The van der Waals surface area contributed by atoms with Gasteiger partial charge in [-0.05, 0) is 6.42 Å². The summed E-state index contributed by atoms with van der Waals surface area (Å²) in [5.74, 6) is -5.38. The van der Waals surface area contributed by atoms with E-state index in [4.69, 9.17) is 37.6 Å². The van der Waals surface area contributed by atoms with E-state index >= 15 is 0 Å². The van der Waals surface area contributed by atoms with Gasteiger partial charge in [-0.3, -0.25) is 28.8 Å². The molecule has 0 heterocycles. The van der Waals surface area contributed by atoms with E-state index in [1.54, 1.807) is 0 Å². The molecule has 18 heteroatoms. The molecule has 0 aromatic carbocycles. The molecule has 0 saturated carbocycles. The predicted molar refractivity (Wildman–Crippen MR) is 127 cm³/mol. The molecule has 34 heavy (non-hydrogen) atoms. The minimum absolute atomic E-state index is 0.0256. The van der Waals surface area contributed by atoms with Crippen molar-refractivity contribution in [3.8, 4) is 0 Å². The van der Waals surface area contributed by atoms with Crippen LogP contribution >= 0.6 is 34.2 Å². The summed E-state index contributed by atoms with van der Waals surface area (Å²) in [4.78, 5) is 64.3. The third-order valence-corrected chi connectivity index (χ3v) is 6.30. The highest BCUT2D eigenvalue weighted by Crippen LogP contribution is 2.22. The van der Waals surface area contributed by atoms with Gasteiger partial charge in [0.05, 0.1) is 0 Å². The van der Waals surface area contributed by atoms with Crippen molar-refractivity contribution in [2.45, 2.75) is 37.0 Å². The minimum Gasteiger partial charge on any atom is -0.480 e. The summed E-state index contributed by atoms with van der Waals surface area (Å²) in [7, 11) is 2.41. The van der Waals surface area contributed by atoms with Crippen LogP contribution in [-0.2, 0) is 28.8 Å². The third-order valence-electron chi connectivity index (χ3n) is 3.46. The van der Waals surface area contributed by atoms with Gasteiger partial charge in [-0.2, -0.15) is 12.6 Å². The largest absolute Gasteiger partial charge is 0.480 e. The summed E-state index contributed by atoms with van der Waals surface area (Å²) < 4.78 is 0. The Morgan fingerprint density at radius 1 is 0.794 bits per heavy atom. The Kier molecular flexibility index (Phi) is 19.1. The zero-order valence-corrected chi connectivity index (χ0v) is 20.3. The minimum atomic E-state index is -1.22. The Labute approximate surface area is 207 Å². The number of carbonyl (C=O) groups is 6. The normalized spacial score (nSPS) is 13.8. The number of nitrogens with two attached hydrogens (primary N) is 3. The second kappa shape index (κ2) is 19.1. The highest BCUT2D eigenvalue weighted by atomic mass is 33.1. The van der Waals surface area contributed by atoms with E-state index < -0.39 is 66.4 Å². The molecule has 0 unspecified atom stereocenters. The molecule has 0 rings (SSSR count). The number of hydrogen-bond acceptors (Lipinski definition) is 12. The van der Waals surface area contributed by atoms with Gasteiger partial charge in [-0.1, -0.05) is 21.6 Å². The number of carboxylic acid groups (broad SMARTS) is 4. The molecule has 4 atom stereocenters. The van der Waals surface area contributed by atoms with Gasteiger partial charge < -0.3 is 48.3 Å². The molecule has 0 aromatic rings. The standard InChI is InChI=1S/C10H17N3O6S.C6H12N2O4S2/c11-5(10(18)19)1-2-7(14)13-6(4-20)9(17)12-3-8(15)16;7-3(5(9)10)1-13-14-2-4(8)6(11)12/h5-6,20H,1-4,11H2,(H,12,17)(H,13,14)(H,15,16)(H,18,19);3-4H,1-2,7-8H2,(H,9,10)(H,11,12)/t5-,6-;3-,4-/m00/s1. The van der Waals surface area contributed by atoms with E-state index in [9.17, 15) is 28.8 Å². The molecular weight excluding hydrogens is 518 g/mol. The molecule has 0 bridgehead atoms. The van der Waals surface area contributed by atoms with Crippen LogP contribution in [0.2, 0.25) is 0 Å². The molecule has 0 radical (unpaired) electrons. The maximum atomic E-state index is 11.5. The van der Waals surface area contributed by atoms with Crippen molar-refractivity contribution in [3.05, 3.63) is 0 Å². The topological polar surface area (TPSA) is 285 Å². The number of amides is 2. The van der Waals surface area contributed by atoms with Gasteiger partial charge in [0.1, 0.15) is 30.7 Å². The average Bonchev–Trinajstić information content (AvgIpc) is 2.76. The van der Waals surface area contributed by atoms with Crippen molar-refractivity contribution in [1.29, 1.82) is 0 Å². The summed E-state index contributed by atoms with van der Waals surface area (Å²) >= 11 is 3.87. The highest BCUT2D eigenvalue weighted by molar-refractivity contribution is 8.76. The predicted octanol–water partition coefficient (Wildman–Crippen LogP) is -3.01. The van der Waals surface area contributed by atoms with Gasteiger partial charge in [-0.25, -0.2) is 0 Å². The highest BCUT2D eigenvalue weighted by Gasteiger charge is 2.21. The molecule has 0 aliphatic rings. The maximum Gasteiger partial charge on any atom is 0.322 e. The van der Waals surface area contributed by atoms with Crippen molar-refractivity contribution in [3.63, 3.8) is 0 Å². The Bertz CT molecular complexity index is 693. The Morgan fingerprint density at radius 3 is 1.59 bits per heavy atom. The van der Waals surface area contributed by atoms with Gasteiger partial charge in [-0.15, -0.1) is 0 Å². The van der Waals surface area contributed by atoms with Crippen molar-refractivity contribution >= 4 is 69.9 Å². The second-order valence-electron chi connectivity index (χ2n) is 6.36. The first kappa shape index (κ1) is 33.9. The van der Waals surface area contributed by atoms with E-state index in [2.05, 4.69) is 23.3 Å². The van der Waals surface area contributed by atoms with Crippen molar-refractivity contribution in [2.75, 3.05) is 23.8 Å². The van der Waals surface area contributed by atoms with Crippen LogP contribution in [0, 0.1) is 0 Å². The fourth-order valence-corrected chi connectivity index (χ4v) is 4.03. The van der Waals surface area contributed by atoms with Gasteiger partial charge in [0, 0.05) is 23.7 Å². The molecule has 0 spiro atoms. The zero-order valence-electron chi connectivity index (χ0n) is 17.8. The maximum absolute atomic E-state index is 11.5. The van der Waals surface area contributed by atoms with E-state index in [1.807, 2.05) is 0 Å². The lowest BCUT2D eigenvalue weighted by atomic mass is 10.1. The smallest absolute Gasteiger partial charge is 0.322 e. The summed E-state index contributed by atoms with van der Waals surface area (Å²) in [5.41, 5.74) is 15.7. The first-order valence-electron chi connectivity index (χ1n) is 9.32. The van der Waals surface area contributed by atoms with Crippen molar-refractivity contribution in [1.82, 2.24) is 10.6 Å². The van der Waals surface area contributed by atoms with E-state index in [-0.39, 0.29) is 30.1 Å². The average molecular weight is 548 g/mol. The van der Waals surface area contributed by atoms with Crippen molar-refractivity contribution < 1.29 is 49.2 Å². The fraction of sp³-hybridized carbons (Fsp3) is 0.625. The van der Waals surface area contributed by atoms with Crippen LogP contribution in [0.3, 0.4) is 0 Å². The van der Waals surface area contributed by atoms with Gasteiger partial charge in [0.15, 0.2) is 0 Å². The molecule has 12 N–H and O–H groups in total. The Hall–Kier alpha value is -2.25. The molecular formula is C16H29N5O10S3. The molecule has 0 fully saturated rings. The number of aliphatic carboxylic acids is 4. The van der Waals surface area contributed by atoms with Gasteiger partial charge in [0.2, 0.25) is 11.8 Å². The molecule has 0 aliphatic carbocycles. The molecule has 2 amide bonds. The number of thiol groups is 1. The lowest BCUT2D eigenvalue weighted by Crippen LogP contribution is -2.49. The summed E-state index contributed by atoms with van der Waals surface area (Å²) in [6.45, 7) is -0.567. The van der Waals surface area contributed by atoms with E-state index in [1.165, 1.54) is 21.6 Å². The molecule has 15 nitrogen and oxygen atoms in total. The number of carbonyl (C=O) groups excluding carboxylic acids is 2. The van der Waals surface area contributed by atoms with E-state index in [0.29, 0.717) is 0 Å². The molecule has 0 aliphatic heterocycles. The van der Waals surface area contributed by atoms with Crippen molar-refractivity contribution in [2.24, 2.45) is 17.2 Å². The first-order valence-corrected chi connectivity index (χ1v) is 12.4. The fourth-order valence-electron chi connectivity index (χ4n) is 1.54. The van der Waals surface area contributed by atoms with Gasteiger partial charge >= 0.3 is 23.9 Å². The summed E-state index contributed by atoms with van der Waals surface area (Å²) in [6.07, 6.45) is -0.235. The van der Waals surface area contributed by atoms with Crippen LogP contribution in [-0.4, -0.2) is 104 Å². The second-order valence-corrected chi connectivity index (χ2v) is 9.27. The van der Waals surface area contributed by atoms with E-state index in [0.717, 1.165) is 0 Å². The van der Waals surface area contributed by atoms with Crippen LogP contribution in [0.5, 0.6) is 0 Å². The van der Waals surface area contributed by atoms with Crippen LogP contribution in [0.1, 0.15) is 12.8 Å². The van der Waals surface area contributed by atoms with Gasteiger partial charge in [0.25, 0.3) is 0 Å². The molecule has 0 aromatic heterocycles. The van der Waals surface area contributed by atoms with Crippen LogP contribution in [0.4, 0.5) is 0 Å². The Morgan fingerprint density at radius 2 is 1.24 bits per heavy atom. The molecule has 0 saturated heterocycles. The molecule has 196 valence electrons. The Balaban J connectivity index is 0. The van der Waals surface area contributed by atoms with Crippen LogP contribution in [0.15, 0.2) is 0 Å².